The van der Waals surface area contributed by atoms with E-state index >= 15 is 0 Å². The summed E-state index contributed by atoms with van der Waals surface area (Å²) in [4.78, 5) is 33.2. The molecular weight excluding hydrogens is 330 g/mol. The van der Waals surface area contributed by atoms with E-state index in [1.165, 1.54) is 6.26 Å². The van der Waals surface area contributed by atoms with Crippen molar-refractivity contribution >= 4 is 11.8 Å². The van der Waals surface area contributed by atoms with Crippen LogP contribution in [0, 0.1) is 5.41 Å². The minimum atomic E-state index is -0.0503. The van der Waals surface area contributed by atoms with Gasteiger partial charge in [0.15, 0.2) is 5.76 Å². The Bertz CT molecular complexity index is 775. The van der Waals surface area contributed by atoms with Gasteiger partial charge >= 0.3 is 0 Å². The average Bonchev–Trinajstić information content (AvgIpc) is 3.33. The Hall–Kier alpha value is -2.63. The molecule has 6 nitrogen and oxygen atoms in total. The summed E-state index contributed by atoms with van der Waals surface area (Å²) in [5, 5.41) is 0. The number of pyridine rings is 1. The van der Waals surface area contributed by atoms with Crippen molar-refractivity contribution in [2.75, 3.05) is 26.2 Å². The number of hydrogen-bond donors (Lipinski definition) is 0. The quantitative estimate of drug-likeness (QED) is 0.850. The van der Waals surface area contributed by atoms with Crippen LogP contribution in [0.2, 0.25) is 0 Å². The third-order valence-corrected chi connectivity index (χ3v) is 5.55. The first-order valence-electron chi connectivity index (χ1n) is 9.15. The average molecular weight is 353 g/mol. The van der Waals surface area contributed by atoms with Gasteiger partial charge in [-0.25, -0.2) is 0 Å². The van der Waals surface area contributed by atoms with E-state index in [4.69, 9.17) is 4.42 Å². The van der Waals surface area contributed by atoms with Gasteiger partial charge in [-0.1, -0.05) is 6.07 Å². The van der Waals surface area contributed by atoms with Gasteiger partial charge in [0.2, 0.25) is 5.91 Å². The molecule has 2 amide bonds. The van der Waals surface area contributed by atoms with Crippen LogP contribution in [0.4, 0.5) is 0 Å². The Morgan fingerprint density at radius 2 is 2.00 bits per heavy atom. The lowest BCUT2D eigenvalue weighted by Crippen LogP contribution is -2.48. The van der Waals surface area contributed by atoms with Crippen molar-refractivity contribution in [1.82, 2.24) is 14.8 Å². The van der Waals surface area contributed by atoms with Gasteiger partial charge in [0.1, 0.15) is 0 Å². The first-order chi connectivity index (χ1) is 12.7. The molecule has 0 aliphatic carbocycles. The maximum Gasteiger partial charge on any atom is 0.289 e. The molecule has 4 heterocycles. The van der Waals surface area contributed by atoms with Crippen molar-refractivity contribution < 1.29 is 14.0 Å². The number of hydrogen-bond acceptors (Lipinski definition) is 4. The lowest BCUT2D eigenvalue weighted by Gasteiger charge is -2.40. The molecule has 0 aromatic carbocycles. The normalized spacial score (nSPS) is 22.8. The van der Waals surface area contributed by atoms with Crippen LogP contribution in [0.25, 0.3) is 0 Å². The van der Waals surface area contributed by atoms with E-state index in [0.717, 1.165) is 44.5 Å². The van der Waals surface area contributed by atoms with Gasteiger partial charge in [0.05, 0.1) is 12.7 Å². The molecule has 1 atom stereocenters. The Labute approximate surface area is 152 Å². The fraction of sp³-hybridized carbons (Fsp3) is 0.450. The van der Waals surface area contributed by atoms with E-state index < -0.39 is 0 Å². The van der Waals surface area contributed by atoms with Crippen LogP contribution in [-0.4, -0.2) is 52.8 Å². The highest BCUT2D eigenvalue weighted by Crippen LogP contribution is 2.39. The van der Waals surface area contributed by atoms with Gasteiger partial charge in [0.25, 0.3) is 5.91 Å². The molecule has 2 aromatic rings. The largest absolute Gasteiger partial charge is 0.459 e. The highest BCUT2D eigenvalue weighted by atomic mass is 16.3. The monoisotopic (exact) mass is 353 g/mol. The Kier molecular flexibility index (Phi) is 4.49. The standard InChI is InChI=1S/C20H23N3O3/c24-18(12-16-4-1-8-21-13-16)22-9-3-6-20(14-22)7-10-23(15-20)19(25)17-5-2-11-26-17/h1-2,4-5,8,11,13H,3,6-7,9-10,12,14-15H2. The molecule has 4 rings (SSSR count). The summed E-state index contributed by atoms with van der Waals surface area (Å²) in [6, 6.07) is 7.23. The number of likely N-dealkylation sites (tertiary alicyclic amines) is 2. The fourth-order valence-electron chi connectivity index (χ4n) is 4.21. The number of amides is 2. The molecule has 2 aromatic heterocycles. The summed E-state index contributed by atoms with van der Waals surface area (Å²) < 4.78 is 5.25. The van der Waals surface area contributed by atoms with Crippen molar-refractivity contribution in [2.24, 2.45) is 5.41 Å². The van der Waals surface area contributed by atoms with Crippen LogP contribution in [0.15, 0.2) is 47.3 Å². The number of furan rings is 1. The van der Waals surface area contributed by atoms with E-state index in [0.29, 0.717) is 18.7 Å². The third kappa shape index (κ3) is 3.36. The highest BCUT2D eigenvalue weighted by Gasteiger charge is 2.44. The zero-order chi connectivity index (χ0) is 18.0. The van der Waals surface area contributed by atoms with Gasteiger partial charge in [0, 0.05) is 44.0 Å². The van der Waals surface area contributed by atoms with E-state index in [-0.39, 0.29) is 17.2 Å². The van der Waals surface area contributed by atoms with E-state index in [1.807, 2.05) is 21.9 Å². The predicted octanol–water partition coefficient (Wildman–Crippen LogP) is 2.37. The number of nitrogens with zero attached hydrogens (tertiary/aromatic N) is 3. The zero-order valence-corrected chi connectivity index (χ0v) is 14.8. The van der Waals surface area contributed by atoms with Crippen LogP contribution in [0.1, 0.15) is 35.4 Å². The summed E-state index contributed by atoms with van der Waals surface area (Å²) >= 11 is 0. The molecule has 2 saturated heterocycles. The second-order valence-electron chi connectivity index (χ2n) is 7.41. The topological polar surface area (TPSA) is 66.7 Å². The van der Waals surface area contributed by atoms with Crippen LogP contribution in [0.3, 0.4) is 0 Å². The minimum absolute atomic E-state index is 0.0189. The maximum absolute atomic E-state index is 12.7. The molecule has 1 spiro atoms. The first-order valence-corrected chi connectivity index (χ1v) is 9.15. The maximum atomic E-state index is 12.7. The summed E-state index contributed by atoms with van der Waals surface area (Å²) in [5.41, 5.74) is 0.962. The molecule has 1 unspecified atom stereocenters. The lowest BCUT2D eigenvalue weighted by atomic mass is 9.79. The highest BCUT2D eigenvalue weighted by molar-refractivity contribution is 5.91. The van der Waals surface area contributed by atoms with Crippen molar-refractivity contribution in [3.63, 3.8) is 0 Å². The second-order valence-corrected chi connectivity index (χ2v) is 7.41. The summed E-state index contributed by atoms with van der Waals surface area (Å²) in [6.07, 6.45) is 8.37. The van der Waals surface area contributed by atoms with Crippen LogP contribution in [0.5, 0.6) is 0 Å². The van der Waals surface area contributed by atoms with Crippen LogP contribution in [-0.2, 0) is 11.2 Å². The molecule has 0 bridgehead atoms. The molecule has 6 heteroatoms. The summed E-state index contributed by atoms with van der Waals surface area (Å²) in [5.74, 6) is 0.487. The second kappa shape index (κ2) is 6.94. The molecule has 136 valence electrons. The molecule has 2 aliphatic rings. The summed E-state index contributed by atoms with van der Waals surface area (Å²) in [6.45, 7) is 2.95. The smallest absolute Gasteiger partial charge is 0.289 e. The Morgan fingerprint density at radius 3 is 2.77 bits per heavy atom. The minimum Gasteiger partial charge on any atom is -0.459 e. The van der Waals surface area contributed by atoms with Crippen molar-refractivity contribution in [3.05, 3.63) is 54.2 Å². The van der Waals surface area contributed by atoms with E-state index in [9.17, 15) is 9.59 Å². The molecule has 2 fully saturated rings. The molecule has 2 aliphatic heterocycles. The van der Waals surface area contributed by atoms with Gasteiger partial charge in [-0.15, -0.1) is 0 Å². The van der Waals surface area contributed by atoms with Crippen molar-refractivity contribution in [3.8, 4) is 0 Å². The Balaban J connectivity index is 1.40. The van der Waals surface area contributed by atoms with Crippen molar-refractivity contribution in [1.29, 1.82) is 0 Å². The fourth-order valence-corrected chi connectivity index (χ4v) is 4.21. The molecule has 0 saturated carbocycles. The first kappa shape index (κ1) is 16.8. The van der Waals surface area contributed by atoms with Gasteiger partial charge in [-0.2, -0.15) is 0 Å². The lowest BCUT2D eigenvalue weighted by molar-refractivity contribution is -0.133. The number of piperidine rings is 1. The molecule has 26 heavy (non-hydrogen) atoms. The third-order valence-electron chi connectivity index (χ3n) is 5.55. The Morgan fingerprint density at radius 1 is 1.12 bits per heavy atom. The molecular formula is C20H23N3O3. The zero-order valence-electron chi connectivity index (χ0n) is 14.8. The van der Waals surface area contributed by atoms with E-state index in [1.54, 1.807) is 24.5 Å². The number of carbonyl (C=O) groups is 2. The molecule has 0 radical (unpaired) electrons. The number of carbonyl (C=O) groups excluding carboxylic acids is 2. The predicted molar refractivity (Wildman–Crippen MR) is 95.4 cm³/mol. The van der Waals surface area contributed by atoms with Crippen molar-refractivity contribution in [2.45, 2.75) is 25.7 Å². The van der Waals surface area contributed by atoms with Gasteiger partial charge in [-0.05, 0) is 43.0 Å². The summed E-state index contributed by atoms with van der Waals surface area (Å²) in [7, 11) is 0. The van der Waals surface area contributed by atoms with Crippen LogP contribution >= 0.6 is 0 Å². The SMILES string of the molecule is O=C(Cc1cccnc1)N1CCCC2(CCN(C(=O)c3ccco3)C2)C1. The van der Waals surface area contributed by atoms with Gasteiger partial charge in [-0.3, -0.25) is 14.6 Å². The number of rotatable bonds is 3. The number of aromatic nitrogens is 1. The van der Waals surface area contributed by atoms with Gasteiger partial charge < -0.3 is 14.2 Å². The van der Waals surface area contributed by atoms with Crippen LogP contribution < -0.4 is 0 Å². The van der Waals surface area contributed by atoms with E-state index in [2.05, 4.69) is 4.98 Å². The molecule has 0 N–H and O–H groups in total.